The SMILES string of the molecule is CNC(=O)CN1CCC(c2ccc3[nH]c(-c4cc(OC)c5nccn5c4)c(C(C)C)c3c2)CC1. The average Bonchev–Trinajstić information content (AvgIpc) is 3.48. The molecular weight excluding hydrogens is 426 g/mol. The second kappa shape index (κ2) is 9.14. The van der Waals surface area contributed by atoms with Gasteiger partial charge >= 0.3 is 0 Å². The molecule has 0 bridgehead atoms. The van der Waals surface area contributed by atoms with Crippen LogP contribution in [0.15, 0.2) is 42.9 Å². The average molecular weight is 460 g/mol. The van der Waals surface area contributed by atoms with Gasteiger partial charge in [-0.2, -0.15) is 0 Å². The number of fused-ring (bicyclic) bond motifs is 2. The highest BCUT2D eigenvalue weighted by Gasteiger charge is 2.24. The van der Waals surface area contributed by atoms with Crippen molar-refractivity contribution < 1.29 is 9.53 Å². The van der Waals surface area contributed by atoms with Gasteiger partial charge in [-0.05, 0) is 67.1 Å². The van der Waals surface area contributed by atoms with Crippen molar-refractivity contribution in [2.45, 2.75) is 38.5 Å². The predicted octanol–water partition coefficient (Wildman–Crippen LogP) is 4.54. The molecule has 0 aliphatic carbocycles. The summed E-state index contributed by atoms with van der Waals surface area (Å²) in [4.78, 5) is 22.1. The van der Waals surface area contributed by atoms with Gasteiger partial charge in [0.2, 0.25) is 5.91 Å². The second-order valence-electron chi connectivity index (χ2n) is 9.55. The van der Waals surface area contributed by atoms with Gasteiger partial charge in [0.05, 0.1) is 19.3 Å². The van der Waals surface area contributed by atoms with E-state index in [2.05, 4.69) is 64.5 Å². The topological polar surface area (TPSA) is 74.7 Å². The van der Waals surface area contributed by atoms with E-state index in [4.69, 9.17) is 4.74 Å². The number of carbonyl (C=O) groups excluding carboxylic acids is 1. The lowest BCUT2D eigenvalue weighted by Crippen LogP contribution is -2.40. The number of hydrogen-bond acceptors (Lipinski definition) is 4. The van der Waals surface area contributed by atoms with Gasteiger partial charge in [-0.3, -0.25) is 9.69 Å². The van der Waals surface area contributed by atoms with Crippen LogP contribution in [0.5, 0.6) is 5.75 Å². The molecule has 0 saturated carbocycles. The molecule has 0 radical (unpaired) electrons. The monoisotopic (exact) mass is 459 g/mol. The smallest absolute Gasteiger partial charge is 0.233 e. The molecule has 1 saturated heterocycles. The molecule has 2 N–H and O–H groups in total. The fourth-order valence-electron chi connectivity index (χ4n) is 5.31. The van der Waals surface area contributed by atoms with Crippen LogP contribution in [-0.4, -0.2) is 59.0 Å². The summed E-state index contributed by atoms with van der Waals surface area (Å²) in [6, 6.07) is 8.95. The van der Waals surface area contributed by atoms with Crippen LogP contribution in [-0.2, 0) is 4.79 Å². The highest BCUT2D eigenvalue weighted by Crippen LogP contribution is 2.39. The van der Waals surface area contributed by atoms with E-state index in [-0.39, 0.29) is 5.91 Å². The standard InChI is InChI=1S/C27H33N5O2/c1-17(2)25-21-13-19(18-7-10-31(11-8-18)16-24(33)28-3)5-6-22(21)30-26(25)20-14-23(34-4)27-29-9-12-32(27)15-20/h5-6,9,12-15,17-18,30H,7-8,10-11,16H2,1-4H3,(H,28,33). The zero-order valence-electron chi connectivity index (χ0n) is 20.4. The van der Waals surface area contributed by atoms with Gasteiger partial charge in [-0.15, -0.1) is 0 Å². The Balaban J connectivity index is 1.49. The number of aromatic nitrogens is 3. The van der Waals surface area contributed by atoms with Crippen LogP contribution >= 0.6 is 0 Å². The summed E-state index contributed by atoms with van der Waals surface area (Å²) in [5.41, 5.74) is 6.92. The van der Waals surface area contributed by atoms with E-state index in [1.54, 1.807) is 20.4 Å². The Morgan fingerprint density at radius 3 is 2.76 bits per heavy atom. The molecule has 0 atom stereocenters. The van der Waals surface area contributed by atoms with E-state index >= 15 is 0 Å². The van der Waals surface area contributed by atoms with Crippen molar-refractivity contribution >= 4 is 22.5 Å². The molecule has 4 aromatic rings. The Morgan fingerprint density at radius 1 is 1.26 bits per heavy atom. The van der Waals surface area contributed by atoms with Gasteiger partial charge in [0.1, 0.15) is 0 Å². The van der Waals surface area contributed by atoms with Gasteiger partial charge in [0.15, 0.2) is 11.4 Å². The number of ether oxygens (including phenoxy) is 1. The number of carbonyl (C=O) groups is 1. The molecule has 1 aliphatic rings. The maximum Gasteiger partial charge on any atom is 0.233 e. The fraction of sp³-hybridized carbons (Fsp3) is 0.407. The third-order valence-electron chi connectivity index (χ3n) is 7.11. The first-order chi connectivity index (χ1) is 16.5. The highest BCUT2D eigenvalue weighted by molar-refractivity contribution is 5.92. The number of likely N-dealkylation sites (N-methyl/N-ethyl adjacent to an activating group) is 1. The Labute approximate surface area is 200 Å². The number of amides is 1. The highest BCUT2D eigenvalue weighted by atomic mass is 16.5. The lowest BCUT2D eigenvalue weighted by atomic mass is 9.87. The molecular formula is C27H33N5O2. The molecule has 7 heteroatoms. The third kappa shape index (κ3) is 4.05. The van der Waals surface area contributed by atoms with E-state index in [9.17, 15) is 4.79 Å². The summed E-state index contributed by atoms with van der Waals surface area (Å²) < 4.78 is 7.65. The minimum atomic E-state index is 0.0896. The van der Waals surface area contributed by atoms with Crippen molar-refractivity contribution in [1.82, 2.24) is 24.6 Å². The number of H-pyrrole nitrogens is 1. The van der Waals surface area contributed by atoms with Gasteiger partial charge in [-0.1, -0.05) is 19.9 Å². The van der Waals surface area contributed by atoms with E-state index in [0.717, 1.165) is 54.1 Å². The fourth-order valence-corrected chi connectivity index (χ4v) is 5.31. The van der Waals surface area contributed by atoms with E-state index in [1.807, 2.05) is 10.6 Å². The largest absolute Gasteiger partial charge is 0.493 e. The zero-order chi connectivity index (χ0) is 23.8. The summed E-state index contributed by atoms with van der Waals surface area (Å²) in [6.07, 6.45) is 8.01. The zero-order valence-corrected chi connectivity index (χ0v) is 20.4. The first-order valence-electron chi connectivity index (χ1n) is 12.1. The number of nitrogens with one attached hydrogen (secondary N) is 2. The van der Waals surface area contributed by atoms with E-state index in [0.29, 0.717) is 18.4 Å². The molecule has 0 spiro atoms. The molecule has 1 aromatic carbocycles. The van der Waals surface area contributed by atoms with Crippen molar-refractivity contribution in [3.8, 4) is 17.0 Å². The number of aromatic amines is 1. The molecule has 178 valence electrons. The van der Waals surface area contributed by atoms with Crippen LogP contribution in [0.3, 0.4) is 0 Å². The molecule has 1 aliphatic heterocycles. The molecule has 34 heavy (non-hydrogen) atoms. The van der Waals surface area contributed by atoms with E-state index in [1.165, 1.54) is 16.5 Å². The lowest BCUT2D eigenvalue weighted by molar-refractivity contribution is -0.122. The maximum atomic E-state index is 11.7. The first-order valence-corrected chi connectivity index (χ1v) is 12.1. The van der Waals surface area contributed by atoms with Crippen molar-refractivity contribution in [2.24, 2.45) is 0 Å². The van der Waals surface area contributed by atoms with Crippen LogP contribution in [0, 0.1) is 0 Å². The van der Waals surface area contributed by atoms with Crippen molar-refractivity contribution in [1.29, 1.82) is 0 Å². The number of methoxy groups -OCH3 is 1. The van der Waals surface area contributed by atoms with Gasteiger partial charge in [0, 0.05) is 42.1 Å². The van der Waals surface area contributed by atoms with Crippen LogP contribution in [0.25, 0.3) is 27.8 Å². The summed E-state index contributed by atoms with van der Waals surface area (Å²) in [5.74, 6) is 1.73. The first kappa shape index (κ1) is 22.5. The number of likely N-dealkylation sites (tertiary alicyclic amines) is 1. The molecule has 5 rings (SSSR count). The summed E-state index contributed by atoms with van der Waals surface area (Å²) in [7, 11) is 3.39. The minimum Gasteiger partial charge on any atom is -0.493 e. The number of piperidine rings is 1. The molecule has 4 heterocycles. The maximum absolute atomic E-state index is 11.7. The van der Waals surface area contributed by atoms with Crippen molar-refractivity contribution in [3.05, 3.63) is 54.0 Å². The number of imidazole rings is 1. The van der Waals surface area contributed by atoms with Gasteiger partial charge in [0.25, 0.3) is 0 Å². The lowest BCUT2D eigenvalue weighted by Gasteiger charge is -2.31. The van der Waals surface area contributed by atoms with Crippen LogP contribution in [0.1, 0.15) is 49.7 Å². The Bertz CT molecular complexity index is 1330. The Hall–Kier alpha value is -3.32. The molecule has 1 fully saturated rings. The molecule has 0 unspecified atom stereocenters. The normalized spacial score (nSPS) is 15.4. The van der Waals surface area contributed by atoms with Crippen LogP contribution in [0.2, 0.25) is 0 Å². The number of benzene rings is 1. The van der Waals surface area contributed by atoms with Crippen molar-refractivity contribution in [2.75, 3.05) is 33.8 Å². The minimum absolute atomic E-state index is 0.0896. The molecule has 7 nitrogen and oxygen atoms in total. The van der Waals surface area contributed by atoms with Crippen LogP contribution in [0.4, 0.5) is 0 Å². The van der Waals surface area contributed by atoms with Gasteiger partial charge < -0.3 is 19.4 Å². The summed E-state index contributed by atoms with van der Waals surface area (Å²) in [5, 5.41) is 4.02. The van der Waals surface area contributed by atoms with E-state index < -0.39 is 0 Å². The summed E-state index contributed by atoms with van der Waals surface area (Å²) >= 11 is 0. The Morgan fingerprint density at radius 2 is 2.06 bits per heavy atom. The predicted molar refractivity (Wildman–Crippen MR) is 136 cm³/mol. The number of pyridine rings is 1. The van der Waals surface area contributed by atoms with Gasteiger partial charge in [-0.25, -0.2) is 4.98 Å². The third-order valence-corrected chi connectivity index (χ3v) is 7.11. The summed E-state index contributed by atoms with van der Waals surface area (Å²) in [6.45, 7) is 6.91. The number of hydrogen-bond donors (Lipinski definition) is 2. The molecule has 3 aromatic heterocycles. The van der Waals surface area contributed by atoms with Crippen LogP contribution < -0.4 is 10.1 Å². The quantitative estimate of drug-likeness (QED) is 0.444. The second-order valence-corrected chi connectivity index (χ2v) is 9.55. The molecule has 1 amide bonds. The Kier molecular flexibility index (Phi) is 6.04. The number of rotatable bonds is 6. The van der Waals surface area contributed by atoms with Crippen molar-refractivity contribution in [3.63, 3.8) is 0 Å². The number of nitrogens with zero attached hydrogens (tertiary/aromatic N) is 3.